The van der Waals surface area contributed by atoms with Gasteiger partial charge in [0.1, 0.15) is 0 Å². The second kappa shape index (κ2) is 5.79. The van der Waals surface area contributed by atoms with Gasteiger partial charge in [0.15, 0.2) is 0 Å². The van der Waals surface area contributed by atoms with Crippen LogP contribution in [0.1, 0.15) is 11.1 Å². The van der Waals surface area contributed by atoms with Crippen LogP contribution in [0.25, 0.3) is 0 Å². The first-order chi connectivity index (χ1) is 8.34. The van der Waals surface area contributed by atoms with Crippen molar-refractivity contribution in [2.24, 2.45) is 0 Å². The Bertz CT molecular complexity index is 560. The smallest absolute Gasteiger partial charge is 0.330 e. The third kappa shape index (κ3) is 3.97. The van der Waals surface area contributed by atoms with E-state index in [2.05, 4.69) is 6.58 Å². The molecule has 0 saturated carbocycles. The highest BCUT2D eigenvalue weighted by atomic mass is 32.2. The second-order valence-corrected chi connectivity index (χ2v) is 5.10. The van der Waals surface area contributed by atoms with Crippen molar-refractivity contribution in [2.75, 3.05) is 6.61 Å². The molecule has 0 saturated heterocycles. The van der Waals surface area contributed by atoms with Gasteiger partial charge in [-0.25, -0.2) is 4.79 Å². The molecule has 1 rings (SSSR count). The van der Waals surface area contributed by atoms with Crippen molar-refractivity contribution in [3.05, 3.63) is 42.0 Å². The molecule has 0 heterocycles. The maximum atomic E-state index is 11.1. The summed E-state index contributed by atoms with van der Waals surface area (Å²) in [5.74, 6) is -0.573. The molecule has 0 aromatic heterocycles. The first-order valence-electron chi connectivity index (χ1n) is 5.21. The lowest BCUT2D eigenvalue weighted by atomic mass is 10.1. The maximum absolute atomic E-state index is 11.1. The summed E-state index contributed by atoms with van der Waals surface area (Å²) in [5, 5.41) is 0. The van der Waals surface area contributed by atoms with Gasteiger partial charge < -0.3 is 4.74 Å². The van der Waals surface area contributed by atoms with Crippen molar-refractivity contribution < 1.29 is 22.5 Å². The quantitative estimate of drug-likeness (QED) is 0.498. The van der Waals surface area contributed by atoms with E-state index >= 15 is 0 Å². The molecule has 0 aliphatic rings. The molecule has 98 valence electrons. The molecule has 18 heavy (non-hydrogen) atoms. The van der Waals surface area contributed by atoms with Crippen LogP contribution in [-0.4, -0.2) is 25.5 Å². The van der Waals surface area contributed by atoms with Gasteiger partial charge >= 0.3 is 5.97 Å². The zero-order valence-corrected chi connectivity index (χ0v) is 10.7. The van der Waals surface area contributed by atoms with Gasteiger partial charge in [0, 0.05) is 12.5 Å². The normalized spacial score (nSPS) is 11.0. The van der Waals surface area contributed by atoms with Crippen LogP contribution in [0.5, 0.6) is 0 Å². The summed E-state index contributed by atoms with van der Waals surface area (Å²) >= 11 is 0. The fraction of sp³-hybridized carbons (Fsp3) is 0.250. The number of rotatable bonds is 5. The fourth-order valence-corrected chi connectivity index (χ4v) is 2.21. The van der Waals surface area contributed by atoms with E-state index in [1.54, 1.807) is 19.1 Å². The van der Waals surface area contributed by atoms with Crippen molar-refractivity contribution in [2.45, 2.75) is 18.2 Å². The number of carbonyl (C=O) groups excluding carboxylic acids is 1. The molecule has 0 amide bonds. The highest BCUT2D eigenvalue weighted by Crippen LogP contribution is 2.17. The lowest BCUT2D eigenvalue weighted by molar-refractivity contribution is -0.137. The molecule has 1 N–H and O–H groups in total. The fourth-order valence-electron chi connectivity index (χ4n) is 1.48. The monoisotopic (exact) mass is 270 g/mol. The molecule has 0 radical (unpaired) electrons. The minimum atomic E-state index is -4.27. The van der Waals surface area contributed by atoms with E-state index in [9.17, 15) is 13.2 Å². The van der Waals surface area contributed by atoms with Crippen LogP contribution in [0.2, 0.25) is 0 Å². The Kier molecular flexibility index (Phi) is 4.63. The summed E-state index contributed by atoms with van der Waals surface area (Å²) in [6.07, 6.45) is 1.23. The number of hydrogen-bond donors (Lipinski definition) is 1. The predicted octanol–water partition coefficient (Wildman–Crippen LogP) is 1.51. The zero-order valence-electron chi connectivity index (χ0n) is 9.92. The van der Waals surface area contributed by atoms with Crippen LogP contribution in [0.3, 0.4) is 0 Å². The van der Waals surface area contributed by atoms with E-state index < -0.39 is 16.1 Å². The molecule has 0 unspecified atom stereocenters. The van der Waals surface area contributed by atoms with E-state index in [0.717, 1.165) is 11.6 Å². The largest absolute Gasteiger partial charge is 0.462 e. The summed E-state index contributed by atoms with van der Waals surface area (Å²) in [4.78, 5) is 10.7. The number of carbonyl (C=O) groups is 1. The molecular weight excluding hydrogens is 256 g/mol. The lowest BCUT2D eigenvalue weighted by Crippen LogP contribution is -2.08. The van der Waals surface area contributed by atoms with Crippen molar-refractivity contribution in [3.63, 3.8) is 0 Å². The molecule has 0 fully saturated rings. The second-order valence-electron chi connectivity index (χ2n) is 3.71. The Balaban J connectivity index is 2.90. The minimum Gasteiger partial charge on any atom is -0.462 e. The van der Waals surface area contributed by atoms with Crippen LogP contribution in [-0.2, 0) is 26.1 Å². The van der Waals surface area contributed by atoms with Gasteiger partial charge in [-0.1, -0.05) is 24.3 Å². The number of hydrogen-bond acceptors (Lipinski definition) is 4. The topological polar surface area (TPSA) is 80.7 Å². The van der Waals surface area contributed by atoms with Crippen molar-refractivity contribution in [1.82, 2.24) is 0 Å². The Morgan fingerprint density at radius 1 is 1.50 bits per heavy atom. The average Bonchev–Trinajstić information content (AvgIpc) is 2.27. The van der Waals surface area contributed by atoms with Gasteiger partial charge in [-0.2, -0.15) is 8.42 Å². The summed E-state index contributed by atoms with van der Waals surface area (Å²) < 4.78 is 36.1. The third-order valence-corrected chi connectivity index (χ3v) is 3.23. The summed E-state index contributed by atoms with van der Waals surface area (Å²) in [6.45, 7) is 5.07. The van der Waals surface area contributed by atoms with E-state index in [1.165, 1.54) is 6.07 Å². The van der Waals surface area contributed by atoms with Crippen LogP contribution in [0, 0.1) is 6.92 Å². The molecule has 0 bridgehead atoms. The maximum Gasteiger partial charge on any atom is 0.330 e. The van der Waals surface area contributed by atoms with Crippen LogP contribution >= 0.6 is 0 Å². The molecular formula is C12H14O5S. The van der Waals surface area contributed by atoms with Gasteiger partial charge in [0.2, 0.25) is 0 Å². The van der Waals surface area contributed by atoms with Crippen molar-refractivity contribution in [1.29, 1.82) is 0 Å². The Hall–Kier alpha value is -1.66. The minimum absolute atomic E-state index is 0.0246. The molecule has 5 nitrogen and oxygen atoms in total. The summed E-state index contributed by atoms with van der Waals surface area (Å²) in [7, 11) is -4.27. The molecule has 6 heteroatoms. The SMILES string of the molecule is C=CC(=O)OCCc1cc(C)ccc1S(=O)(=O)O. The van der Waals surface area contributed by atoms with Crippen molar-refractivity contribution >= 4 is 16.1 Å². The number of benzene rings is 1. The average molecular weight is 270 g/mol. The standard InChI is InChI=1S/C12H14O5S/c1-3-12(13)17-7-6-10-8-9(2)4-5-11(10)18(14,15)16/h3-5,8H,1,6-7H2,2H3,(H,14,15,16). The van der Waals surface area contributed by atoms with Crippen molar-refractivity contribution in [3.8, 4) is 0 Å². The molecule has 0 atom stereocenters. The van der Waals surface area contributed by atoms with Gasteiger partial charge in [-0.3, -0.25) is 4.55 Å². The van der Waals surface area contributed by atoms with E-state index in [-0.39, 0.29) is 17.9 Å². The van der Waals surface area contributed by atoms with Crippen LogP contribution < -0.4 is 0 Å². The van der Waals surface area contributed by atoms with Gasteiger partial charge in [0.05, 0.1) is 11.5 Å². The van der Waals surface area contributed by atoms with E-state index in [1.807, 2.05) is 0 Å². The van der Waals surface area contributed by atoms with Crippen LogP contribution in [0.4, 0.5) is 0 Å². The van der Waals surface area contributed by atoms with Gasteiger partial charge in [0.25, 0.3) is 10.1 Å². The number of esters is 1. The first-order valence-corrected chi connectivity index (χ1v) is 6.65. The third-order valence-electron chi connectivity index (χ3n) is 2.28. The Morgan fingerprint density at radius 3 is 2.72 bits per heavy atom. The number of ether oxygens (including phenoxy) is 1. The molecule has 1 aromatic carbocycles. The molecule has 0 aliphatic carbocycles. The first kappa shape index (κ1) is 14.4. The summed E-state index contributed by atoms with van der Waals surface area (Å²) in [6, 6.07) is 4.54. The van der Waals surface area contributed by atoms with Gasteiger partial charge in [-0.15, -0.1) is 0 Å². The molecule has 0 spiro atoms. The lowest BCUT2D eigenvalue weighted by Gasteiger charge is -2.08. The summed E-state index contributed by atoms with van der Waals surface area (Å²) in [5.41, 5.74) is 1.27. The van der Waals surface area contributed by atoms with E-state index in [0.29, 0.717) is 5.56 Å². The van der Waals surface area contributed by atoms with Gasteiger partial charge in [-0.05, 0) is 18.6 Å². The van der Waals surface area contributed by atoms with Crippen LogP contribution in [0.15, 0.2) is 35.7 Å². The Labute approximate surface area is 106 Å². The molecule has 0 aliphatic heterocycles. The molecule has 1 aromatic rings. The highest BCUT2D eigenvalue weighted by Gasteiger charge is 2.15. The van der Waals surface area contributed by atoms with E-state index in [4.69, 9.17) is 9.29 Å². The zero-order chi connectivity index (χ0) is 13.8. The predicted molar refractivity (Wildman–Crippen MR) is 65.9 cm³/mol. The number of aryl methyl sites for hydroxylation is 1. The highest BCUT2D eigenvalue weighted by molar-refractivity contribution is 7.85. The Morgan fingerprint density at radius 2 is 2.17 bits per heavy atom.